The highest BCUT2D eigenvalue weighted by molar-refractivity contribution is 5.44. The van der Waals surface area contributed by atoms with E-state index in [-0.39, 0.29) is 0 Å². The van der Waals surface area contributed by atoms with Gasteiger partial charge in [0.2, 0.25) is 0 Å². The smallest absolute Gasteiger partial charge is 0.0552 e. The van der Waals surface area contributed by atoms with Gasteiger partial charge in [0, 0.05) is 45.1 Å². The molecule has 4 heterocycles. The van der Waals surface area contributed by atoms with Gasteiger partial charge in [-0.3, -0.25) is 14.9 Å². The average molecular weight is 294 g/mol. The number of anilines is 1. The molecule has 0 spiro atoms. The zero-order chi connectivity index (χ0) is 14.8. The van der Waals surface area contributed by atoms with Crippen LogP contribution in [0.4, 0.5) is 5.69 Å². The van der Waals surface area contributed by atoms with Crippen LogP contribution in [0.15, 0.2) is 48.9 Å². The average Bonchev–Trinajstić information content (AvgIpc) is 2.98. The highest BCUT2D eigenvalue weighted by atomic mass is 15.2. The van der Waals surface area contributed by atoms with Crippen LogP contribution < -0.4 is 4.90 Å². The molecular weight excluding hydrogens is 272 g/mol. The molecule has 114 valence electrons. The molecule has 2 atom stereocenters. The largest absolute Gasteiger partial charge is 0.370 e. The Kier molecular flexibility index (Phi) is 3.77. The van der Waals surface area contributed by atoms with Crippen LogP contribution in [0.2, 0.25) is 0 Å². The summed E-state index contributed by atoms with van der Waals surface area (Å²) in [7, 11) is 0. The number of nitrogens with zero attached hydrogens (tertiary/aromatic N) is 4. The molecule has 2 aliphatic rings. The molecule has 0 bridgehead atoms. The maximum atomic E-state index is 4.46. The SMILES string of the molecule is c1ccc(CN2C[C@@H]3CCN(c4cccnc4)C[C@@H]3C2)nc1. The van der Waals surface area contributed by atoms with E-state index in [0.717, 1.165) is 31.5 Å². The van der Waals surface area contributed by atoms with Crippen molar-refractivity contribution in [2.75, 3.05) is 31.1 Å². The van der Waals surface area contributed by atoms with E-state index in [2.05, 4.69) is 38.0 Å². The number of pyridine rings is 2. The van der Waals surface area contributed by atoms with Gasteiger partial charge in [-0.15, -0.1) is 0 Å². The summed E-state index contributed by atoms with van der Waals surface area (Å²) in [5, 5.41) is 0. The molecule has 0 N–H and O–H groups in total. The van der Waals surface area contributed by atoms with Crippen molar-refractivity contribution in [3.8, 4) is 0 Å². The van der Waals surface area contributed by atoms with Gasteiger partial charge in [0.05, 0.1) is 17.6 Å². The predicted molar refractivity (Wildman–Crippen MR) is 87.6 cm³/mol. The van der Waals surface area contributed by atoms with Crippen LogP contribution >= 0.6 is 0 Å². The molecule has 4 heteroatoms. The van der Waals surface area contributed by atoms with Gasteiger partial charge in [0.15, 0.2) is 0 Å². The van der Waals surface area contributed by atoms with E-state index in [9.17, 15) is 0 Å². The first kappa shape index (κ1) is 13.7. The van der Waals surface area contributed by atoms with E-state index < -0.39 is 0 Å². The van der Waals surface area contributed by atoms with E-state index in [1.165, 1.54) is 30.9 Å². The Balaban J connectivity index is 1.40. The van der Waals surface area contributed by atoms with Gasteiger partial charge in [-0.2, -0.15) is 0 Å². The maximum Gasteiger partial charge on any atom is 0.0552 e. The highest BCUT2D eigenvalue weighted by Gasteiger charge is 2.37. The zero-order valence-corrected chi connectivity index (χ0v) is 12.8. The van der Waals surface area contributed by atoms with Gasteiger partial charge < -0.3 is 4.90 Å². The summed E-state index contributed by atoms with van der Waals surface area (Å²) < 4.78 is 0. The Morgan fingerprint density at radius 3 is 2.77 bits per heavy atom. The lowest BCUT2D eigenvalue weighted by Crippen LogP contribution is -2.40. The second kappa shape index (κ2) is 6.05. The van der Waals surface area contributed by atoms with Crippen LogP contribution in [-0.2, 0) is 6.54 Å². The fourth-order valence-corrected chi connectivity index (χ4v) is 3.89. The lowest BCUT2D eigenvalue weighted by atomic mass is 9.88. The molecule has 2 saturated heterocycles. The summed E-state index contributed by atoms with van der Waals surface area (Å²) >= 11 is 0. The zero-order valence-electron chi connectivity index (χ0n) is 12.8. The summed E-state index contributed by atoms with van der Waals surface area (Å²) in [4.78, 5) is 13.8. The minimum Gasteiger partial charge on any atom is -0.370 e. The van der Waals surface area contributed by atoms with Crippen molar-refractivity contribution in [3.05, 3.63) is 54.6 Å². The molecule has 2 aliphatic heterocycles. The van der Waals surface area contributed by atoms with Gasteiger partial charge in [0.25, 0.3) is 0 Å². The summed E-state index contributed by atoms with van der Waals surface area (Å²) in [6.07, 6.45) is 7.02. The van der Waals surface area contributed by atoms with Gasteiger partial charge in [0.1, 0.15) is 0 Å². The third kappa shape index (κ3) is 2.83. The molecule has 2 fully saturated rings. The minimum absolute atomic E-state index is 0.776. The normalized spacial score (nSPS) is 25.2. The van der Waals surface area contributed by atoms with Crippen LogP contribution in [0.25, 0.3) is 0 Å². The summed E-state index contributed by atoms with van der Waals surface area (Å²) in [5.74, 6) is 1.62. The number of hydrogen-bond donors (Lipinski definition) is 0. The van der Waals surface area contributed by atoms with Crippen molar-refractivity contribution in [1.29, 1.82) is 0 Å². The second-order valence-corrected chi connectivity index (χ2v) is 6.48. The summed E-state index contributed by atoms with van der Waals surface area (Å²) in [6, 6.07) is 10.4. The van der Waals surface area contributed by atoms with Crippen molar-refractivity contribution in [2.24, 2.45) is 11.8 Å². The fraction of sp³-hybridized carbons (Fsp3) is 0.444. The lowest BCUT2D eigenvalue weighted by Gasteiger charge is -2.35. The summed E-state index contributed by atoms with van der Waals surface area (Å²) in [5.41, 5.74) is 2.45. The Hall–Kier alpha value is -1.94. The van der Waals surface area contributed by atoms with E-state index in [4.69, 9.17) is 0 Å². The predicted octanol–water partition coefficient (Wildman–Crippen LogP) is 2.43. The Morgan fingerprint density at radius 1 is 1.00 bits per heavy atom. The molecule has 0 unspecified atom stereocenters. The number of hydrogen-bond acceptors (Lipinski definition) is 4. The monoisotopic (exact) mass is 294 g/mol. The van der Waals surface area contributed by atoms with Gasteiger partial charge in [-0.05, 0) is 42.5 Å². The number of piperidine rings is 1. The first-order valence-corrected chi connectivity index (χ1v) is 8.16. The first-order valence-electron chi connectivity index (χ1n) is 8.16. The van der Waals surface area contributed by atoms with Crippen LogP contribution in [0, 0.1) is 11.8 Å². The van der Waals surface area contributed by atoms with E-state index in [1.54, 1.807) is 0 Å². The number of likely N-dealkylation sites (tertiary alicyclic amines) is 1. The number of rotatable bonds is 3. The summed E-state index contributed by atoms with van der Waals surface area (Å²) in [6.45, 7) is 5.72. The van der Waals surface area contributed by atoms with Crippen molar-refractivity contribution in [1.82, 2.24) is 14.9 Å². The van der Waals surface area contributed by atoms with Crippen LogP contribution in [0.1, 0.15) is 12.1 Å². The molecule has 0 amide bonds. The third-order valence-corrected chi connectivity index (χ3v) is 5.00. The molecule has 0 aromatic carbocycles. The second-order valence-electron chi connectivity index (χ2n) is 6.48. The molecule has 22 heavy (non-hydrogen) atoms. The molecular formula is C18H22N4. The van der Waals surface area contributed by atoms with Crippen molar-refractivity contribution in [2.45, 2.75) is 13.0 Å². The Morgan fingerprint density at radius 2 is 1.95 bits per heavy atom. The van der Waals surface area contributed by atoms with Gasteiger partial charge in [-0.25, -0.2) is 0 Å². The van der Waals surface area contributed by atoms with E-state index in [1.807, 2.05) is 30.7 Å². The van der Waals surface area contributed by atoms with Gasteiger partial charge in [-0.1, -0.05) is 6.07 Å². The molecule has 0 saturated carbocycles. The van der Waals surface area contributed by atoms with Crippen molar-refractivity contribution >= 4 is 5.69 Å². The Labute approximate surface area is 131 Å². The minimum atomic E-state index is 0.776. The van der Waals surface area contributed by atoms with Crippen LogP contribution in [0.3, 0.4) is 0 Å². The van der Waals surface area contributed by atoms with Crippen molar-refractivity contribution in [3.63, 3.8) is 0 Å². The lowest BCUT2D eigenvalue weighted by molar-refractivity contribution is 0.310. The van der Waals surface area contributed by atoms with Gasteiger partial charge >= 0.3 is 0 Å². The molecule has 4 rings (SSSR count). The molecule has 4 nitrogen and oxygen atoms in total. The molecule has 2 aromatic heterocycles. The van der Waals surface area contributed by atoms with E-state index >= 15 is 0 Å². The maximum absolute atomic E-state index is 4.46. The van der Waals surface area contributed by atoms with Crippen molar-refractivity contribution < 1.29 is 0 Å². The van der Waals surface area contributed by atoms with Crippen LogP contribution in [-0.4, -0.2) is 41.0 Å². The quantitative estimate of drug-likeness (QED) is 0.870. The number of aromatic nitrogens is 2. The number of fused-ring (bicyclic) bond motifs is 1. The van der Waals surface area contributed by atoms with Crippen LogP contribution in [0.5, 0.6) is 0 Å². The Bertz CT molecular complexity index is 601. The molecule has 2 aromatic rings. The highest BCUT2D eigenvalue weighted by Crippen LogP contribution is 2.33. The topological polar surface area (TPSA) is 32.3 Å². The first-order chi connectivity index (χ1) is 10.9. The fourth-order valence-electron chi connectivity index (χ4n) is 3.89. The standard InChI is InChI=1S/C18H22N4/c1-2-8-20-17(4-1)14-21-11-15-6-9-22(13-16(15)12-21)18-5-3-7-19-10-18/h1-5,7-8,10,15-16H,6,9,11-14H2/t15-,16-/m0/s1. The molecule has 0 radical (unpaired) electrons. The third-order valence-electron chi connectivity index (χ3n) is 5.00. The van der Waals surface area contributed by atoms with E-state index in [0.29, 0.717) is 0 Å². The molecule has 0 aliphatic carbocycles.